The summed E-state index contributed by atoms with van der Waals surface area (Å²) in [6.07, 6.45) is 3.06. The summed E-state index contributed by atoms with van der Waals surface area (Å²) in [5, 5.41) is 0.949. The van der Waals surface area contributed by atoms with Gasteiger partial charge in [0.25, 0.3) is 0 Å². The molecule has 1 N–H and O–H groups in total. The molecular formula is C19H19FN4. The first-order valence-corrected chi connectivity index (χ1v) is 8.45. The molecule has 0 radical (unpaired) electrons. The summed E-state index contributed by atoms with van der Waals surface area (Å²) in [6.45, 7) is 3.00. The Labute approximate surface area is 139 Å². The van der Waals surface area contributed by atoms with Gasteiger partial charge in [0.1, 0.15) is 11.6 Å². The molecule has 2 atom stereocenters. The van der Waals surface area contributed by atoms with Crippen LogP contribution in [-0.2, 0) is 6.54 Å². The second-order valence-electron chi connectivity index (χ2n) is 6.84. The van der Waals surface area contributed by atoms with Crippen molar-refractivity contribution in [3.05, 3.63) is 60.2 Å². The summed E-state index contributed by atoms with van der Waals surface area (Å²) >= 11 is 0. The number of halogens is 1. The Bertz CT molecular complexity index is 875. The van der Waals surface area contributed by atoms with Crippen LogP contribution >= 0.6 is 0 Å². The second-order valence-corrected chi connectivity index (χ2v) is 6.84. The van der Waals surface area contributed by atoms with Crippen molar-refractivity contribution in [2.24, 2.45) is 0 Å². The van der Waals surface area contributed by atoms with Gasteiger partial charge in [0, 0.05) is 54.5 Å². The maximum Gasteiger partial charge on any atom is 0.128 e. The van der Waals surface area contributed by atoms with Crippen molar-refractivity contribution in [3.8, 4) is 0 Å². The van der Waals surface area contributed by atoms with E-state index in [2.05, 4.69) is 38.0 Å². The number of benzene rings is 1. The molecule has 0 spiro atoms. The van der Waals surface area contributed by atoms with E-state index < -0.39 is 0 Å². The molecule has 2 saturated heterocycles. The predicted molar refractivity (Wildman–Crippen MR) is 92.4 cm³/mol. The highest BCUT2D eigenvalue weighted by Crippen LogP contribution is 2.34. The van der Waals surface area contributed by atoms with Gasteiger partial charge < -0.3 is 9.88 Å². The zero-order chi connectivity index (χ0) is 16.1. The van der Waals surface area contributed by atoms with Gasteiger partial charge in [-0.05, 0) is 42.8 Å². The van der Waals surface area contributed by atoms with Crippen LogP contribution in [0.2, 0.25) is 0 Å². The van der Waals surface area contributed by atoms with Crippen LogP contribution in [0.3, 0.4) is 0 Å². The van der Waals surface area contributed by atoms with E-state index in [0.29, 0.717) is 12.1 Å². The Hall–Kier alpha value is -2.40. The van der Waals surface area contributed by atoms with Crippen molar-refractivity contribution < 1.29 is 4.39 Å². The number of piperazine rings is 1. The number of hydrogen-bond acceptors (Lipinski definition) is 3. The number of aromatic amines is 1. The quantitative estimate of drug-likeness (QED) is 0.804. The van der Waals surface area contributed by atoms with E-state index in [1.54, 1.807) is 6.07 Å². The van der Waals surface area contributed by atoms with Gasteiger partial charge in [-0.1, -0.05) is 6.07 Å². The van der Waals surface area contributed by atoms with Crippen molar-refractivity contribution in [2.45, 2.75) is 25.0 Å². The zero-order valence-corrected chi connectivity index (χ0v) is 13.3. The molecule has 1 aromatic carbocycles. The molecule has 4 nitrogen and oxygen atoms in total. The van der Waals surface area contributed by atoms with Crippen LogP contribution in [-0.4, -0.2) is 40.0 Å². The normalized spacial score (nSPS) is 23.5. The fourth-order valence-electron chi connectivity index (χ4n) is 4.21. The van der Waals surface area contributed by atoms with Crippen LogP contribution in [0.4, 0.5) is 10.2 Å². The van der Waals surface area contributed by atoms with E-state index in [-0.39, 0.29) is 5.82 Å². The molecule has 24 heavy (non-hydrogen) atoms. The first kappa shape index (κ1) is 14.0. The van der Waals surface area contributed by atoms with Crippen LogP contribution in [0.1, 0.15) is 12.1 Å². The number of nitrogens with one attached hydrogen (secondary N) is 1. The number of fused-ring (bicyclic) bond motifs is 3. The van der Waals surface area contributed by atoms with E-state index >= 15 is 0 Å². The van der Waals surface area contributed by atoms with Gasteiger partial charge in [0.15, 0.2) is 0 Å². The number of aromatic nitrogens is 2. The number of H-pyrrole nitrogens is 1. The van der Waals surface area contributed by atoms with Gasteiger partial charge in [-0.3, -0.25) is 4.90 Å². The highest BCUT2D eigenvalue weighted by molar-refractivity contribution is 5.80. The van der Waals surface area contributed by atoms with Crippen LogP contribution < -0.4 is 4.90 Å². The monoisotopic (exact) mass is 322 g/mol. The third-order valence-corrected chi connectivity index (χ3v) is 5.31. The Balaban J connectivity index is 1.32. The van der Waals surface area contributed by atoms with Crippen molar-refractivity contribution in [2.75, 3.05) is 18.0 Å². The summed E-state index contributed by atoms with van der Waals surface area (Å²) in [7, 11) is 0. The Morgan fingerprint density at radius 3 is 2.88 bits per heavy atom. The van der Waals surface area contributed by atoms with Gasteiger partial charge in [0.05, 0.1) is 0 Å². The number of pyridine rings is 1. The minimum atomic E-state index is -0.181. The van der Waals surface area contributed by atoms with Gasteiger partial charge in [-0.15, -0.1) is 0 Å². The number of nitrogens with zero attached hydrogens (tertiary/aromatic N) is 3. The number of hydrogen-bond donors (Lipinski definition) is 1. The van der Waals surface area contributed by atoms with Crippen molar-refractivity contribution >= 4 is 16.7 Å². The number of likely N-dealkylation sites (tertiary alicyclic amines) is 1. The third-order valence-electron chi connectivity index (χ3n) is 5.31. The smallest absolute Gasteiger partial charge is 0.128 e. The van der Waals surface area contributed by atoms with E-state index in [1.807, 2.05) is 18.3 Å². The van der Waals surface area contributed by atoms with Gasteiger partial charge >= 0.3 is 0 Å². The molecular weight excluding hydrogens is 303 g/mol. The average Bonchev–Trinajstić information content (AvgIpc) is 3.28. The van der Waals surface area contributed by atoms with E-state index in [9.17, 15) is 4.39 Å². The largest absolute Gasteiger partial charge is 0.357 e. The maximum atomic E-state index is 13.3. The minimum Gasteiger partial charge on any atom is -0.357 e. The first-order chi connectivity index (χ1) is 11.8. The minimum absolute atomic E-state index is 0.181. The number of rotatable bonds is 3. The van der Waals surface area contributed by atoms with Gasteiger partial charge in [-0.25, -0.2) is 9.37 Å². The highest BCUT2D eigenvalue weighted by Gasteiger charge is 2.43. The molecule has 2 aliphatic rings. The fraction of sp³-hybridized carbons (Fsp3) is 0.316. The lowest BCUT2D eigenvalue weighted by molar-refractivity contribution is 0.228. The summed E-state index contributed by atoms with van der Waals surface area (Å²) in [5.41, 5.74) is 2.17. The molecule has 0 aliphatic carbocycles. The van der Waals surface area contributed by atoms with E-state index in [1.165, 1.54) is 12.5 Å². The SMILES string of the molecule is Fc1ccc2[nH]c(CN3CC4CC3CN4c3ccccn3)cc2c1. The molecule has 0 saturated carbocycles. The molecule has 4 heterocycles. The highest BCUT2D eigenvalue weighted by atomic mass is 19.1. The molecule has 3 aromatic rings. The van der Waals surface area contributed by atoms with Gasteiger partial charge in [0.2, 0.25) is 0 Å². The second kappa shape index (κ2) is 5.31. The molecule has 2 bridgehead atoms. The number of anilines is 1. The predicted octanol–water partition coefficient (Wildman–Crippen LogP) is 3.17. The third kappa shape index (κ3) is 2.27. The Morgan fingerprint density at radius 2 is 2.08 bits per heavy atom. The van der Waals surface area contributed by atoms with Gasteiger partial charge in [-0.2, -0.15) is 0 Å². The molecule has 0 amide bonds. The van der Waals surface area contributed by atoms with Crippen LogP contribution in [0.5, 0.6) is 0 Å². The zero-order valence-electron chi connectivity index (χ0n) is 13.3. The lowest BCUT2D eigenvalue weighted by Crippen LogP contribution is -2.46. The molecule has 2 fully saturated rings. The summed E-state index contributed by atoms with van der Waals surface area (Å²) in [5.74, 6) is 0.907. The fourth-order valence-corrected chi connectivity index (χ4v) is 4.21. The molecule has 5 heteroatoms. The van der Waals surface area contributed by atoms with E-state index in [4.69, 9.17) is 0 Å². The molecule has 122 valence electrons. The molecule has 2 unspecified atom stereocenters. The molecule has 2 aliphatic heterocycles. The van der Waals surface area contributed by atoms with Crippen molar-refractivity contribution in [1.82, 2.24) is 14.9 Å². The topological polar surface area (TPSA) is 35.2 Å². The Morgan fingerprint density at radius 1 is 1.12 bits per heavy atom. The summed E-state index contributed by atoms with van der Waals surface area (Å²) in [4.78, 5) is 12.9. The van der Waals surface area contributed by atoms with Crippen LogP contribution in [0, 0.1) is 5.82 Å². The lowest BCUT2D eigenvalue weighted by atomic mass is 10.2. The summed E-state index contributed by atoms with van der Waals surface area (Å²) < 4.78 is 13.3. The lowest BCUT2D eigenvalue weighted by Gasteiger charge is -2.34. The average molecular weight is 322 g/mol. The maximum absolute atomic E-state index is 13.3. The first-order valence-electron chi connectivity index (χ1n) is 8.45. The van der Waals surface area contributed by atoms with Crippen LogP contribution in [0.15, 0.2) is 48.7 Å². The summed E-state index contributed by atoms with van der Waals surface area (Å²) in [6, 6.07) is 14.2. The standard InChI is InChI=1S/C19H19FN4/c20-14-4-5-18-13(7-14)8-15(22-18)10-23-11-17-9-16(23)12-24(17)19-3-1-2-6-21-19/h1-8,16-17,22H,9-12H2. The van der Waals surface area contributed by atoms with Crippen LogP contribution in [0.25, 0.3) is 10.9 Å². The van der Waals surface area contributed by atoms with E-state index in [0.717, 1.165) is 42.0 Å². The Kier molecular flexibility index (Phi) is 3.10. The van der Waals surface area contributed by atoms with Crippen molar-refractivity contribution in [3.63, 3.8) is 0 Å². The molecule has 2 aromatic heterocycles. The van der Waals surface area contributed by atoms with Crippen molar-refractivity contribution in [1.29, 1.82) is 0 Å². The molecule has 5 rings (SSSR count).